The molecule has 1 aliphatic heterocycles. The predicted molar refractivity (Wildman–Crippen MR) is 74.2 cm³/mol. The zero-order valence-corrected chi connectivity index (χ0v) is 9.74. The standard InChI is InChI=1S/C13H13BN2O2/c1-10(9-13-15-7-2-8-16-13)11-3-5-12(6-4-11)14(17)18/h2-9,15,17-18H,1H2/b13-9+. The second kappa shape index (κ2) is 5.49. The Kier molecular flexibility index (Phi) is 3.77. The van der Waals surface area contributed by atoms with E-state index in [-0.39, 0.29) is 0 Å². The van der Waals surface area contributed by atoms with E-state index >= 15 is 0 Å². The molecule has 0 bridgehead atoms. The zero-order valence-electron chi connectivity index (χ0n) is 9.74. The van der Waals surface area contributed by atoms with Crippen LogP contribution in [-0.2, 0) is 0 Å². The van der Waals surface area contributed by atoms with Gasteiger partial charge in [-0.25, -0.2) is 4.99 Å². The Hall–Kier alpha value is -2.11. The Bertz CT molecular complexity index is 530. The molecule has 1 aromatic carbocycles. The van der Waals surface area contributed by atoms with Crippen LogP contribution in [0.2, 0.25) is 0 Å². The molecule has 0 saturated carbocycles. The highest BCUT2D eigenvalue weighted by Gasteiger charge is 2.10. The van der Waals surface area contributed by atoms with E-state index in [0.717, 1.165) is 11.1 Å². The lowest BCUT2D eigenvalue weighted by Gasteiger charge is -2.07. The van der Waals surface area contributed by atoms with Crippen molar-refractivity contribution < 1.29 is 10.0 Å². The molecule has 0 saturated heterocycles. The molecule has 0 fully saturated rings. The molecule has 1 aliphatic rings. The maximum absolute atomic E-state index is 9.00. The molecule has 4 nitrogen and oxygen atoms in total. The van der Waals surface area contributed by atoms with Gasteiger partial charge >= 0.3 is 7.12 Å². The summed E-state index contributed by atoms with van der Waals surface area (Å²) in [4.78, 5) is 4.14. The van der Waals surface area contributed by atoms with E-state index in [0.29, 0.717) is 11.3 Å². The third kappa shape index (κ3) is 2.97. The van der Waals surface area contributed by atoms with Gasteiger partial charge in [0.05, 0.1) is 0 Å². The Morgan fingerprint density at radius 1 is 1.28 bits per heavy atom. The predicted octanol–water partition coefficient (Wildman–Crippen LogP) is 0.409. The summed E-state index contributed by atoms with van der Waals surface area (Å²) in [5, 5.41) is 21.0. The Balaban J connectivity index is 2.14. The van der Waals surface area contributed by atoms with Crippen molar-refractivity contribution in [2.45, 2.75) is 0 Å². The lowest BCUT2D eigenvalue weighted by molar-refractivity contribution is 0.426. The molecule has 3 N–H and O–H groups in total. The van der Waals surface area contributed by atoms with Crippen molar-refractivity contribution in [2.24, 2.45) is 4.99 Å². The molecular formula is C13H13BN2O2. The van der Waals surface area contributed by atoms with Crippen molar-refractivity contribution >= 4 is 24.4 Å². The number of hydrogen-bond acceptors (Lipinski definition) is 4. The first-order valence-electron chi connectivity index (χ1n) is 5.49. The second-order valence-corrected chi connectivity index (χ2v) is 3.83. The fourth-order valence-electron chi connectivity index (χ4n) is 1.53. The van der Waals surface area contributed by atoms with E-state index in [9.17, 15) is 0 Å². The minimum absolute atomic E-state index is 0.455. The van der Waals surface area contributed by atoms with E-state index in [1.54, 1.807) is 42.8 Å². The summed E-state index contributed by atoms with van der Waals surface area (Å²) in [7, 11) is -1.44. The van der Waals surface area contributed by atoms with Gasteiger partial charge in [0, 0.05) is 12.4 Å². The molecule has 90 valence electrons. The van der Waals surface area contributed by atoms with Gasteiger partial charge in [0.1, 0.15) is 5.82 Å². The average Bonchev–Trinajstić information content (AvgIpc) is 2.40. The molecule has 1 heterocycles. The van der Waals surface area contributed by atoms with E-state index < -0.39 is 7.12 Å². The van der Waals surface area contributed by atoms with E-state index in [1.165, 1.54) is 0 Å². The average molecular weight is 240 g/mol. The number of allylic oxidation sites excluding steroid dienone is 3. The number of rotatable bonds is 3. The van der Waals surface area contributed by atoms with Crippen molar-refractivity contribution in [1.29, 1.82) is 0 Å². The topological polar surface area (TPSA) is 64.9 Å². The highest BCUT2D eigenvalue weighted by Crippen LogP contribution is 2.14. The van der Waals surface area contributed by atoms with Crippen LogP contribution >= 0.6 is 0 Å². The van der Waals surface area contributed by atoms with Gasteiger partial charge in [-0.3, -0.25) is 0 Å². The molecule has 1 aromatic rings. The highest BCUT2D eigenvalue weighted by molar-refractivity contribution is 6.58. The van der Waals surface area contributed by atoms with Crippen LogP contribution < -0.4 is 10.8 Å². The monoisotopic (exact) mass is 240 g/mol. The number of hydrogen-bond donors (Lipinski definition) is 3. The number of nitrogens with zero attached hydrogens (tertiary/aromatic N) is 1. The highest BCUT2D eigenvalue weighted by atomic mass is 16.4. The van der Waals surface area contributed by atoms with Crippen molar-refractivity contribution in [3.05, 3.63) is 60.6 Å². The SMILES string of the molecule is C=C(/C=C1/N=CC=CN1)c1ccc(B(O)O)cc1. The third-order valence-electron chi connectivity index (χ3n) is 2.52. The Morgan fingerprint density at radius 2 is 2.00 bits per heavy atom. The van der Waals surface area contributed by atoms with Crippen LogP contribution in [0.3, 0.4) is 0 Å². The minimum atomic E-state index is -1.44. The smallest absolute Gasteiger partial charge is 0.423 e. The van der Waals surface area contributed by atoms with Crippen LogP contribution in [0.15, 0.2) is 60.0 Å². The van der Waals surface area contributed by atoms with Gasteiger partial charge in [-0.05, 0) is 28.8 Å². The first-order valence-corrected chi connectivity index (χ1v) is 5.49. The fraction of sp³-hybridized carbons (Fsp3) is 0. The molecule has 18 heavy (non-hydrogen) atoms. The van der Waals surface area contributed by atoms with Gasteiger partial charge < -0.3 is 15.4 Å². The molecule has 0 aliphatic carbocycles. The number of aliphatic imine (C=N–C) groups is 1. The van der Waals surface area contributed by atoms with Crippen LogP contribution in [0.4, 0.5) is 0 Å². The van der Waals surface area contributed by atoms with Crippen LogP contribution in [0.25, 0.3) is 5.57 Å². The Labute approximate surface area is 106 Å². The third-order valence-corrected chi connectivity index (χ3v) is 2.52. The summed E-state index contributed by atoms with van der Waals surface area (Å²) in [5.74, 6) is 0.716. The molecular weight excluding hydrogens is 227 g/mol. The van der Waals surface area contributed by atoms with Gasteiger partial charge in [0.25, 0.3) is 0 Å². The molecule has 0 amide bonds. The van der Waals surface area contributed by atoms with E-state index in [4.69, 9.17) is 10.0 Å². The van der Waals surface area contributed by atoms with Crippen LogP contribution in [0.5, 0.6) is 0 Å². The lowest BCUT2D eigenvalue weighted by atomic mass is 9.80. The number of nitrogens with one attached hydrogen (secondary N) is 1. The molecule has 0 atom stereocenters. The summed E-state index contributed by atoms with van der Waals surface area (Å²) >= 11 is 0. The van der Waals surface area contributed by atoms with Crippen molar-refractivity contribution in [2.75, 3.05) is 0 Å². The van der Waals surface area contributed by atoms with E-state index in [1.807, 2.05) is 6.08 Å². The van der Waals surface area contributed by atoms with E-state index in [2.05, 4.69) is 16.9 Å². The summed E-state index contributed by atoms with van der Waals surface area (Å²) < 4.78 is 0. The maximum Gasteiger partial charge on any atom is 0.488 e. The maximum atomic E-state index is 9.00. The van der Waals surface area contributed by atoms with Gasteiger partial charge in [0.2, 0.25) is 0 Å². The molecule has 0 radical (unpaired) electrons. The minimum Gasteiger partial charge on any atom is -0.423 e. The summed E-state index contributed by atoms with van der Waals surface area (Å²) in [6.07, 6.45) is 7.11. The van der Waals surface area contributed by atoms with Gasteiger partial charge in [-0.2, -0.15) is 0 Å². The van der Waals surface area contributed by atoms with Gasteiger partial charge in [-0.15, -0.1) is 0 Å². The summed E-state index contributed by atoms with van der Waals surface area (Å²) in [6.45, 7) is 3.95. The molecule has 5 heteroatoms. The van der Waals surface area contributed by atoms with Crippen molar-refractivity contribution in [3.8, 4) is 0 Å². The second-order valence-electron chi connectivity index (χ2n) is 3.83. The van der Waals surface area contributed by atoms with Crippen molar-refractivity contribution in [3.63, 3.8) is 0 Å². The van der Waals surface area contributed by atoms with Crippen LogP contribution in [-0.4, -0.2) is 23.4 Å². The zero-order chi connectivity index (χ0) is 13.0. The molecule has 0 unspecified atom stereocenters. The Morgan fingerprint density at radius 3 is 2.56 bits per heavy atom. The van der Waals surface area contributed by atoms with Crippen LogP contribution in [0, 0.1) is 0 Å². The fourth-order valence-corrected chi connectivity index (χ4v) is 1.53. The lowest BCUT2D eigenvalue weighted by Crippen LogP contribution is -2.29. The molecule has 2 rings (SSSR count). The normalized spacial score (nSPS) is 15.6. The van der Waals surface area contributed by atoms with Crippen molar-refractivity contribution in [1.82, 2.24) is 5.32 Å². The largest absolute Gasteiger partial charge is 0.488 e. The van der Waals surface area contributed by atoms with Gasteiger partial charge in [-0.1, -0.05) is 30.8 Å². The quantitative estimate of drug-likeness (QED) is 0.670. The first-order chi connectivity index (χ1) is 8.66. The molecule has 0 aromatic heterocycles. The van der Waals surface area contributed by atoms with Crippen LogP contribution in [0.1, 0.15) is 5.56 Å². The van der Waals surface area contributed by atoms with Gasteiger partial charge in [0.15, 0.2) is 0 Å². The summed E-state index contributed by atoms with van der Waals surface area (Å²) in [5.41, 5.74) is 2.15. The summed E-state index contributed by atoms with van der Waals surface area (Å²) in [6, 6.07) is 6.88. The molecule has 0 spiro atoms. The number of benzene rings is 1. The first kappa shape index (κ1) is 12.4.